The first-order valence-corrected chi connectivity index (χ1v) is 9.88. The van der Waals surface area contributed by atoms with Crippen LogP contribution in [0.4, 0.5) is 5.82 Å². The van der Waals surface area contributed by atoms with Crippen molar-refractivity contribution in [3.05, 3.63) is 72.1 Å². The molecule has 0 amide bonds. The first kappa shape index (κ1) is 20.8. The summed E-state index contributed by atoms with van der Waals surface area (Å²) in [5.41, 5.74) is 10.8. The molecule has 2 heterocycles. The minimum Gasteiger partial charge on any atom is -0.404 e. The number of ether oxygens (including phenoxy) is 1. The average molecular weight is 394 g/mol. The van der Waals surface area contributed by atoms with E-state index in [9.17, 15) is 0 Å². The highest BCUT2D eigenvalue weighted by Gasteiger charge is 2.13. The summed E-state index contributed by atoms with van der Waals surface area (Å²) in [6.07, 6.45) is 3.44. The number of nitrogens with one attached hydrogen (secondary N) is 1. The molecule has 1 aromatic heterocycles. The third-order valence-corrected chi connectivity index (χ3v) is 4.79. The maximum atomic E-state index is 5.57. The Morgan fingerprint density at radius 2 is 1.93 bits per heavy atom. The molecule has 154 valence electrons. The number of morpholine rings is 1. The van der Waals surface area contributed by atoms with Crippen LogP contribution in [-0.4, -0.2) is 43.3 Å². The molecule has 0 radical (unpaired) electrons. The van der Waals surface area contributed by atoms with Crippen LogP contribution >= 0.6 is 0 Å². The second-order valence-electron chi connectivity index (χ2n) is 6.90. The summed E-state index contributed by atoms with van der Waals surface area (Å²) in [5, 5.41) is 3.08. The van der Waals surface area contributed by atoms with Gasteiger partial charge in [-0.05, 0) is 49.0 Å². The quantitative estimate of drug-likeness (QED) is 0.707. The highest BCUT2D eigenvalue weighted by Crippen LogP contribution is 2.21. The highest BCUT2D eigenvalue weighted by molar-refractivity contribution is 5.80. The van der Waals surface area contributed by atoms with Gasteiger partial charge in [0.2, 0.25) is 0 Å². The molecular formula is C23H31N5O. The maximum absolute atomic E-state index is 5.57. The minimum atomic E-state index is 0. The fraction of sp³-hybridized carbons (Fsp3) is 0.304. The molecule has 0 saturated carbocycles. The van der Waals surface area contributed by atoms with Crippen LogP contribution in [-0.2, 0) is 11.3 Å². The second-order valence-corrected chi connectivity index (χ2v) is 6.90. The van der Waals surface area contributed by atoms with Gasteiger partial charge in [0.1, 0.15) is 5.82 Å². The first-order valence-electron chi connectivity index (χ1n) is 9.88. The van der Waals surface area contributed by atoms with E-state index < -0.39 is 0 Å². The van der Waals surface area contributed by atoms with Crippen molar-refractivity contribution in [1.82, 2.24) is 15.3 Å². The number of hydrogen-bond donors (Lipinski definition) is 2. The van der Waals surface area contributed by atoms with E-state index in [0.29, 0.717) is 0 Å². The standard InChI is InChI=1S/C15H18N4O.C8H11N.H2/c1-11(9-16)12-2-3-13-14(8-12)18-15(10-17-13)19-4-6-20-7-5-19;1-9-7-8-5-3-2-4-6-8;/h2-3,8-10H,4-7,16H2,1H3;2-6,9H,7H2,1H3;1H/b11-9+;;. The molecule has 6 heteroatoms. The number of rotatable bonds is 4. The van der Waals surface area contributed by atoms with Crippen molar-refractivity contribution in [2.45, 2.75) is 13.5 Å². The lowest BCUT2D eigenvalue weighted by Crippen LogP contribution is -2.36. The average Bonchev–Trinajstić information content (AvgIpc) is 2.80. The lowest BCUT2D eigenvalue weighted by Gasteiger charge is -2.27. The summed E-state index contributed by atoms with van der Waals surface area (Å²) in [6, 6.07) is 16.4. The Morgan fingerprint density at radius 1 is 1.17 bits per heavy atom. The largest absolute Gasteiger partial charge is 0.404 e. The Hall–Kier alpha value is -2.96. The fourth-order valence-corrected chi connectivity index (χ4v) is 3.09. The molecule has 1 fully saturated rings. The molecular weight excluding hydrogens is 362 g/mol. The SMILES string of the molecule is C/C(=C\N)c1ccc2ncc(N3CCOCC3)nc2c1.CNCc1ccccc1.[HH]. The van der Waals surface area contributed by atoms with Crippen LogP contribution in [0.1, 0.15) is 19.5 Å². The number of fused-ring (bicyclic) bond motifs is 1. The minimum absolute atomic E-state index is 0. The van der Waals surface area contributed by atoms with Crippen molar-refractivity contribution in [2.75, 3.05) is 38.3 Å². The number of nitrogens with zero attached hydrogens (tertiary/aromatic N) is 3. The summed E-state index contributed by atoms with van der Waals surface area (Å²) >= 11 is 0. The second kappa shape index (κ2) is 10.5. The molecule has 0 atom stereocenters. The van der Waals surface area contributed by atoms with E-state index in [-0.39, 0.29) is 1.43 Å². The maximum Gasteiger partial charge on any atom is 0.148 e. The van der Waals surface area contributed by atoms with E-state index in [1.54, 1.807) is 6.20 Å². The Kier molecular flexibility index (Phi) is 7.55. The smallest absolute Gasteiger partial charge is 0.148 e. The Labute approximate surface area is 173 Å². The van der Waals surface area contributed by atoms with Gasteiger partial charge in [-0.1, -0.05) is 36.4 Å². The Bertz CT molecular complexity index is 943. The molecule has 1 aliphatic heterocycles. The third kappa shape index (κ3) is 5.76. The summed E-state index contributed by atoms with van der Waals surface area (Å²) in [4.78, 5) is 11.4. The molecule has 3 N–H and O–H groups in total. The van der Waals surface area contributed by atoms with Crippen LogP contribution in [0.5, 0.6) is 0 Å². The monoisotopic (exact) mass is 393 g/mol. The molecule has 0 spiro atoms. The lowest BCUT2D eigenvalue weighted by molar-refractivity contribution is 0.122. The Balaban J connectivity index is 0.000000272. The summed E-state index contributed by atoms with van der Waals surface area (Å²) in [5.74, 6) is 0.910. The van der Waals surface area contributed by atoms with Crippen LogP contribution in [0.15, 0.2) is 60.9 Å². The predicted octanol–water partition coefficient (Wildman–Crippen LogP) is 3.44. The van der Waals surface area contributed by atoms with Gasteiger partial charge in [0.05, 0.1) is 30.4 Å². The molecule has 0 bridgehead atoms. The van der Waals surface area contributed by atoms with Crippen molar-refractivity contribution in [1.29, 1.82) is 0 Å². The molecule has 1 saturated heterocycles. The van der Waals surface area contributed by atoms with Crippen molar-refractivity contribution in [2.24, 2.45) is 5.73 Å². The van der Waals surface area contributed by atoms with Crippen molar-refractivity contribution < 1.29 is 6.16 Å². The number of nitrogens with two attached hydrogens (primary N) is 1. The molecule has 1 aliphatic rings. The molecule has 0 unspecified atom stereocenters. The fourth-order valence-electron chi connectivity index (χ4n) is 3.09. The molecule has 3 aromatic rings. The highest BCUT2D eigenvalue weighted by atomic mass is 16.5. The van der Waals surface area contributed by atoms with E-state index in [4.69, 9.17) is 15.5 Å². The van der Waals surface area contributed by atoms with E-state index in [2.05, 4.69) is 27.3 Å². The van der Waals surface area contributed by atoms with Gasteiger partial charge in [-0.2, -0.15) is 0 Å². The summed E-state index contributed by atoms with van der Waals surface area (Å²) < 4.78 is 5.36. The number of aromatic nitrogens is 2. The molecule has 0 aliphatic carbocycles. The predicted molar refractivity (Wildman–Crippen MR) is 122 cm³/mol. The van der Waals surface area contributed by atoms with Gasteiger partial charge in [-0.3, -0.25) is 4.98 Å². The van der Waals surface area contributed by atoms with E-state index in [0.717, 1.165) is 60.8 Å². The topological polar surface area (TPSA) is 76.3 Å². The first-order chi connectivity index (χ1) is 14.2. The van der Waals surface area contributed by atoms with E-state index >= 15 is 0 Å². The third-order valence-electron chi connectivity index (χ3n) is 4.79. The number of benzene rings is 2. The van der Waals surface area contributed by atoms with Crippen LogP contribution < -0.4 is 16.0 Å². The van der Waals surface area contributed by atoms with E-state index in [1.165, 1.54) is 5.56 Å². The number of anilines is 1. The van der Waals surface area contributed by atoms with Gasteiger partial charge < -0.3 is 20.7 Å². The zero-order chi connectivity index (χ0) is 20.5. The van der Waals surface area contributed by atoms with Gasteiger partial charge in [-0.15, -0.1) is 0 Å². The van der Waals surface area contributed by atoms with Gasteiger partial charge in [0, 0.05) is 21.1 Å². The van der Waals surface area contributed by atoms with Gasteiger partial charge in [0.25, 0.3) is 0 Å². The normalized spacial score (nSPS) is 14.4. The van der Waals surface area contributed by atoms with Crippen molar-refractivity contribution in [3.63, 3.8) is 0 Å². The zero-order valence-electron chi connectivity index (χ0n) is 17.1. The van der Waals surface area contributed by atoms with Crippen LogP contribution in [0, 0.1) is 0 Å². The lowest BCUT2D eigenvalue weighted by atomic mass is 10.1. The van der Waals surface area contributed by atoms with Crippen molar-refractivity contribution in [3.8, 4) is 0 Å². The summed E-state index contributed by atoms with van der Waals surface area (Å²) in [7, 11) is 1.95. The number of hydrogen-bond acceptors (Lipinski definition) is 6. The molecule has 2 aromatic carbocycles. The van der Waals surface area contributed by atoms with Crippen LogP contribution in [0.2, 0.25) is 0 Å². The zero-order valence-corrected chi connectivity index (χ0v) is 17.1. The van der Waals surface area contributed by atoms with Gasteiger partial charge in [0.15, 0.2) is 0 Å². The summed E-state index contributed by atoms with van der Waals surface area (Å²) in [6.45, 7) is 6.16. The van der Waals surface area contributed by atoms with Crippen LogP contribution in [0.25, 0.3) is 16.6 Å². The van der Waals surface area contributed by atoms with Gasteiger partial charge in [-0.25, -0.2) is 4.98 Å². The number of allylic oxidation sites excluding steroid dienone is 1. The van der Waals surface area contributed by atoms with Gasteiger partial charge >= 0.3 is 0 Å². The molecule has 4 rings (SSSR count). The van der Waals surface area contributed by atoms with E-state index in [1.807, 2.05) is 56.6 Å². The van der Waals surface area contributed by atoms with Crippen molar-refractivity contribution >= 4 is 22.4 Å². The molecule has 29 heavy (non-hydrogen) atoms. The van der Waals surface area contributed by atoms with Crippen LogP contribution in [0.3, 0.4) is 0 Å². The Morgan fingerprint density at radius 3 is 2.62 bits per heavy atom. The molecule has 6 nitrogen and oxygen atoms in total.